The maximum atomic E-state index is 14.1. The molecule has 2 aromatic rings. The number of fused-ring (bicyclic) bond motifs is 1. The molecule has 7 nitrogen and oxygen atoms in total. The fraction of sp³-hybridized carbons (Fsp3) is 0.320. The van der Waals surface area contributed by atoms with Gasteiger partial charge in [0, 0.05) is 37.3 Å². The number of nitriles is 1. The zero-order valence-corrected chi connectivity index (χ0v) is 19.0. The molecule has 0 aromatic heterocycles. The molecule has 2 N–H and O–H groups in total. The normalized spacial score (nSPS) is 18.5. The van der Waals surface area contributed by atoms with Crippen molar-refractivity contribution in [3.8, 4) is 6.07 Å². The van der Waals surface area contributed by atoms with Crippen molar-refractivity contribution in [1.29, 1.82) is 10.7 Å². The van der Waals surface area contributed by atoms with E-state index in [0.717, 1.165) is 18.3 Å². The van der Waals surface area contributed by atoms with Gasteiger partial charge in [-0.25, -0.2) is 8.78 Å². The second-order valence-corrected chi connectivity index (χ2v) is 8.50. The number of hydrogen-bond acceptors (Lipinski definition) is 5. The first-order valence-electron chi connectivity index (χ1n) is 10.8. The van der Waals surface area contributed by atoms with Gasteiger partial charge in [0.2, 0.25) is 5.91 Å². The molecule has 1 heterocycles. The zero-order valence-electron chi connectivity index (χ0n) is 19.0. The number of halogens is 2. The van der Waals surface area contributed by atoms with E-state index < -0.39 is 41.3 Å². The Hall–Kier alpha value is -3.93. The molecule has 34 heavy (non-hydrogen) atoms. The Balaban J connectivity index is 2.17. The molecular weight excluding hydrogens is 440 g/mol. The molecule has 0 spiro atoms. The molecule has 0 saturated heterocycles. The minimum atomic E-state index is -0.979. The lowest BCUT2D eigenvalue weighted by molar-refractivity contribution is -0.119. The topological polar surface area (TPSA) is 109 Å². The van der Waals surface area contributed by atoms with Crippen LogP contribution in [0.5, 0.6) is 0 Å². The largest absolute Gasteiger partial charge is 0.333 e. The zero-order chi connectivity index (χ0) is 25.0. The molecule has 0 radical (unpaired) electrons. The second-order valence-electron chi connectivity index (χ2n) is 8.50. The predicted octanol–water partition coefficient (Wildman–Crippen LogP) is 4.01. The van der Waals surface area contributed by atoms with Crippen LogP contribution in [0.15, 0.2) is 41.4 Å². The van der Waals surface area contributed by atoms with Gasteiger partial charge in [-0.15, -0.1) is 0 Å². The average Bonchev–Trinajstić information content (AvgIpc) is 2.80. The highest BCUT2D eigenvalue weighted by molar-refractivity contribution is 6.05. The highest BCUT2D eigenvalue weighted by Gasteiger charge is 2.46. The molecule has 2 amide bonds. The Morgan fingerprint density at radius 3 is 2.65 bits per heavy atom. The number of nitrogens with zero attached hydrogens (tertiary/aromatic N) is 3. The Morgan fingerprint density at radius 1 is 1.29 bits per heavy atom. The van der Waals surface area contributed by atoms with Crippen LogP contribution in [-0.2, 0) is 4.79 Å². The Labute approximate surface area is 196 Å². The maximum absolute atomic E-state index is 14.1. The summed E-state index contributed by atoms with van der Waals surface area (Å²) in [5.74, 6) is -3.92. The Kier molecular flexibility index (Phi) is 7.51. The van der Waals surface area contributed by atoms with Gasteiger partial charge in [-0.3, -0.25) is 9.59 Å². The summed E-state index contributed by atoms with van der Waals surface area (Å²) in [5.41, 5.74) is 0.375. The number of hydrogen-bond donors (Lipinski definition) is 2. The lowest BCUT2D eigenvalue weighted by Gasteiger charge is -2.44. The van der Waals surface area contributed by atoms with Gasteiger partial charge in [-0.2, -0.15) is 5.26 Å². The van der Waals surface area contributed by atoms with E-state index >= 15 is 0 Å². The number of nitrogens with one attached hydrogen (secondary N) is 2. The van der Waals surface area contributed by atoms with Gasteiger partial charge in [0.1, 0.15) is 17.7 Å². The van der Waals surface area contributed by atoms with Gasteiger partial charge in [0.05, 0.1) is 23.4 Å². The SMILES string of the molecule is CN=CC(C=N)C1C(C(=O)Nc2ccc(F)c(C#N)c2)c2ccc(F)cc2C(=O)N1CC(C)C. The van der Waals surface area contributed by atoms with Crippen LogP contribution in [0.25, 0.3) is 0 Å². The van der Waals surface area contributed by atoms with Crippen LogP contribution < -0.4 is 5.32 Å². The smallest absolute Gasteiger partial charge is 0.254 e. The van der Waals surface area contributed by atoms with Crippen molar-refractivity contribution < 1.29 is 18.4 Å². The van der Waals surface area contributed by atoms with E-state index in [9.17, 15) is 18.4 Å². The standard InChI is InChI=1S/C25H25F2N5O2/c1-14(2)13-32-23(16(11-29)12-30-3)22(19-6-4-17(26)9-20(19)25(32)34)24(33)31-18-5-7-21(27)15(8-18)10-28/h4-9,11-12,14,16,22-23,29H,13H2,1-3H3,(H,31,33). The van der Waals surface area contributed by atoms with E-state index in [1.54, 1.807) is 6.07 Å². The summed E-state index contributed by atoms with van der Waals surface area (Å²) in [6.07, 6.45) is 2.62. The molecular formula is C25H25F2N5O2. The number of rotatable bonds is 7. The lowest BCUT2D eigenvalue weighted by Crippen LogP contribution is -2.56. The van der Waals surface area contributed by atoms with Gasteiger partial charge < -0.3 is 20.6 Å². The molecule has 0 bridgehead atoms. The molecule has 2 aromatic carbocycles. The minimum absolute atomic E-state index is 0.0329. The quantitative estimate of drug-likeness (QED) is 0.603. The van der Waals surface area contributed by atoms with Crippen LogP contribution in [0.3, 0.4) is 0 Å². The summed E-state index contributed by atoms with van der Waals surface area (Å²) >= 11 is 0. The number of carbonyl (C=O) groups excluding carboxylic acids is 2. The van der Waals surface area contributed by atoms with E-state index in [0.29, 0.717) is 5.56 Å². The third kappa shape index (κ3) is 4.86. The van der Waals surface area contributed by atoms with Gasteiger partial charge in [-0.1, -0.05) is 19.9 Å². The Bertz CT molecular complexity index is 1190. The van der Waals surface area contributed by atoms with Crippen molar-refractivity contribution in [3.63, 3.8) is 0 Å². The third-order valence-corrected chi connectivity index (χ3v) is 5.65. The number of aliphatic imine (C=N–C) groups is 1. The number of carbonyl (C=O) groups is 2. The van der Waals surface area contributed by atoms with Crippen molar-refractivity contribution in [2.45, 2.75) is 25.8 Å². The van der Waals surface area contributed by atoms with Crippen LogP contribution in [0.2, 0.25) is 0 Å². The maximum Gasteiger partial charge on any atom is 0.254 e. The van der Waals surface area contributed by atoms with Crippen molar-refractivity contribution in [2.75, 3.05) is 18.9 Å². The number of anilines is 1. The number of amides is 2. The van der Waals surface area contributed by atoms with E-state index in [1.807, 2.05) is 13.8 Å². The highest BCUT2D eigenvalue weighted by Crippen LogP contribution is 2.38. The molecule has 3 rings (SSSR count). The average molecular weight is 466 g/mol. The van der Waals surface area contributed by atoms with Gasteiger partial charge in [0.25, 0.3) is 5.91 Å². The summed E-state index contributed by atoms with van der Waals surface area (Å²) in [7, 11) is 1.54. The summed E-state index contributed by atoms with van der Waals surface area (Å²) in [4.78, 5) is 32.6. The van der Waals surface area contributed by atoms with Crippen LogP contribution in [-0.4, -0.2) is 48.8 Å². The van der Waals surface area contributed by atoms with Crippen molar-refractivity contribution in [2.24, 2.45) is 16.8 Å². The molecule has 3 atom stereocenters. The number of benzene rings is 2. The first-order valence-corrected chi connectivity index (χ1v) is 10.8. The first kappa shape index (κ1) is 24.7. The van der Waals surface area contributed by atoms with Gasteiger partial charge in [-0.05, 0) is 41.8 Å². The second kappa shape index (κ2) is 10.3. The first-order chi connectivity index (χ1) is 16.2. The molecule has 1 aliphatic heterocycles. The van der Waals surface area contributed by atoms with Gasteiger partial charge in [0.15, 0.2) is 0 Å². The highest BCUT2D eigenvalue weighted by atomic mass is 19.1. The van der Waals surface area contributed by atoms with E-state index in [1.165, 1.54) is 42.4 Å². The van der Waals surface area contributed by atoms with Crippen molar-refractivity contribution in [1.82, 2.24) is 4.90 Å². The third-order valence-electron chi connectivity index (χ3n) is 5.65. The van der Waals surface area contributed by atoms with E-state index in [4.69, 9.17) is 10.7 Å². The van der Waals surface area contributed by atoms with E-state index in [-0.39, 0.29) is 29.3 Å². The van der Waals surface area contributed by atoms with Crippen molar-refractivity contribution >= 4 is 29.9 Å². The van der Waals surface area contributed by atoms with Gasteiger partial charge >= 0.3 is 0 Å². The van der Waals surface area contributed by atoms with Crippen molar-refractivity contribution in [3.05, 3.63) is 64.7 Å². The molecule has 0 aliphatic carbocycles. The molecule has 1 aliphatic rings. The molecule has 9 heteroatoms. The summed E-state index contributed by atoms with van der Waals surface area (Å²) in [5, 5.41) is 19.8. The van der Waals surface area contributed by atoms with E-state index in [2.05, 4.69) is 10.3 Å². The monoisotopic (exact) mass is 465 g/mol. The molecule has 0 saturated carbocycles. The van der Waals surface area contributed by atoms with Crippen LogP contribution in [0.1, 0.15) is 41.3 Å². The van der Waals surface area contributed by atoms with Crippen LogP contribution in [0.4, 0.5) is 14.5 Å². The lowest BCUT2D eigenvalue weighted by atomic mass is 9.76. The minimum Gasteiger partial charge on any atom is -0.333 e. The Morgan fingerprint density at radius 2 is 2.03 bits per heavy atom. The molecule has 176 valence electrons. The van der Waals surface area contributed by atoms with Crippen LogP contribution >= 0.6 is 0 Å². The summed E-state index contributed by atoms with van der Waals surface area (Å²) < 4.78 is 27.9. The van der Waals surface area contributed by atoms with Crippen LogP contribution in [0, 0.1) is 40.2 Å². The predicted molar refractivity (Wildman–Crippen MR) is 125 cm³/mol. The molecule has 0 fully saturated rings. The fourth-order valence-electron chi connectivity index (χ4n) is 4.27. The fourth-order valence-corrected chi connectivity index (χ4v) is 4.27. The molecule has 3 unspecified atom stereocenters. The summed E-state index contributed by atoms with van der Waals surface area (Å²) in [6.45, 7) is 4.10. The summed E-state index contributed by atoms with van der Waals surface area (Å²) in [6, 6.07) is 8.25.